The van der Waals surface area contributed by atoms with Crippen LogP contribution in [0.2, 0.25) is 0 Å². The number of benzene rings is 1. The van der Waals surface area contributed by atoms with Gasteiger partial charge >= 0.3 is 6.18 Å². The summed E-state index contributed by atoms with van der Waals surface area (Å²) in [6, 6.07) is 5.55. The molecule has 2 unspecified atom stereocenters. The van der Waals surface area contributed by atoms with Gasteiger partial charge in [0.15, 0.2) is 0 Å². The SMILES string of the molecule is CCCCCCC1CCCC1Nc1cnn(-c2ccc(C(F)(F)F)cc2)c1. The molecule has 1 N–H and O–H groups in total. The van der Waals surface area contributed by atoms with Gasteiger partial charge in [0.2, 0.25) is 0 Å². The van der Waals surface area contributed by atoms with E-state index in [4.69, 9.17) is 0 Å². The fraction of sp³-hybridized carbons (Fsp3) is 0.571. The van der Waals surface area contributed by atoms with Crippen molar-refractivity contribution in [2.45, 2.75) is 70.5 Å². The Bertz CT molecular complexity index is 706. The molecule has 0 bridgehead atoms. The Balaban J connectivity index is 1.59. The molecular formula is C21H28F3N3. The summed E-state index contributed by atoms with van der Waals surface area (Å²) in [5.74, 6) is 0.705. The van der Waals surface area contributed by atoms with Crippen molar-refractivity contribution in [3.63, 3.8) is 0 Å². The number of alkyl halides is 3. The second kappa shape index (κ2) is 8.81. The summed E-state index contributed by atoms with van der Waals surface area (Å²) in [4.78, 5) is 0. The molecule has 1 heterocycles. The minimum absolute atomic E-state index is 0.469. The molecule has 1 fully saturated rings. The topological polar surface area (TPSA) is 29.9 Å². The van der Waals surface area contributed by atoms with Crippen LogP contribution in [0.25, 0.3) is 5.69 Å². The van der Waals surface area contributed by atoms with Crippen LogP contribution in [0.4, 0.5) is 18.9 Å². The first-order chi connectivity index (χ1) is 13.0. The zero-order chi connectivity index (χ0) is 19.3. The maximum atomic E-state index is 12.7. The van der Waals surface area contributed by atoms with Gasteiger partial charge in [0.1, 0.15) is 0 Å². The number of aromatic nitrogens is 2. The number of hydrogen-bond donors (Lipinski definition) is 1. The molecule has 3 nitrogen and oxygen atoms in total. The summed E-state index contributed by atoms with van der Waals surface area (Å²) in [6.07, 6.45) is 9.44. The Hall–Kier alpha value is -1.98. The Morgan fingerprint density at radius 3 is 2.59 bits per heavy atom. The van der Waals surface area contributed by atoms with Crippen molar-refractivity contribution in [2.75, 3.05) is 5.32 Å². The molecule has 0 amide bonds. The van der Waals surface area contributed by atoms with Gasteiger partial charge in [-0.1, -0.05) is 39.0 Å². The van der Waals surface area contributed by atoms with Crippen LogP contribution < -0.4 is 5.32 Å². The highest BCUT2D eigenvalue weighted by atomic mass is 19.4. The first-order valence-corrected chi connectivity index (χ1v) is 9.96. The maximum Gasteiger partial charge on any atom is 0.416 e. The quantitative estimate of drug-likeness (QED) is 0.535. The zero-order valence-corrected chi connectivity index (χ0v) is 15.8. The fourth-order valence-electron chi connectivity index (χ4n) is 3.96. The van der Waals surface area contributed by atoms with Crippen molar-refractivity contribution in [3.8, 4) is 5.69 Å². The Kier molecular flexibility index (Phi) is 6.45. The summed E-state index contributed by atoms with van der Waals surface area (Å²) in [7, 11) is 0. The molecule has 2 aromatic rings. The summed E-state index contributed by atoms with van der Waals surface area (Å²) < 4.78 is 39.7. The fourth-order valence-corrected chi connectivity index (χ4v) is 3.96. The Morgan fingerprint density at radius 2 is 1.89 bits per heavy atom. The first kappa shape index (κ1) is 19.8. The molecule has 6 heteroatoms. The zero-order valence-electron chi connectivity index (χ0n) is 15.8. The lowest BCUT2D eigenvalue weighted by molar-refractivity contribution is -0.137. The van der Waals surface area contributed by atoms with E-state index < -0.39 is 11.7 Å². The van der Waals surface area contributed by atoms with E-state index in [1.54, 1.807) is 10.9 Å². The number of nitrogens with one attached hydrogen (secondary N) is 1. The molecule has 3 rings (SSSR count). The summed E-state index contributed by atoms with van der Waals surface area (Å²) in [6.45, 7) is 2.23. The van der Waals surface area contributed by atoms with Gasteiger partial charge in [-0.05, 0) is 49.4 Å². The molecule has 148 valence electrons. The lowest BCUT2D eigenvalue weighted by atomic mass is 9.96. The smallest absolute Gasteiger partial charge is 0.379 e. The van der Waals surface area contributed by atoms with Gasteiger partial charge in [-0.2, -0.15) is 18.3 Å². The molecule has 0 spiro atoms. The molecule has 1 aromatic heterocycles. The summed E-state index contributed by atoms with van der Waals surface area (Å²) in [5.41, 5.74) is 0.910. The number of unbranched alkanes of at least 4 members (excludes halogenated alkanes) is 3. The lowest BCUT2D eigenvalue weighted by Gasteiger charge is -2.21. The number of anilines is 1. The van der Waals surface area contributed by atoms with E-state index in [2.05, 4.69) is 17.3 Å². The lowest BCUT2D eigenvalue weighted by Crippen LogP contribution is -2.23. The van der Waals surface area contributed by atoms with E-state index in [1.165, 1.54) is 63.5 Å². The first-order valence-electron chi connectivity index (χ1n) is 9.96. The van der Waals surface area contributed by atoms with Crippen LogP contribution >= 0.6 is 0 Å². The van der Waals surface area contributed by atoms with Gasteiger partial charge in [-0.15, -0.1) is 0 Å². The third-order valence-electron chi connectivity index (χ3n) is 5.48. The van der Waals surface area contributed by atoms with Crippen molar-refractivity contribution in [1.29, 1.82) is 0 Å². The highest BCUT2D eigenvalue weighted by Crippen LogP contribution is 2.33. The minimum Gasteiger partial charge on any atom is -0.379 e. The molecule has 2 atom stereocenters. The maximum absolute atomic E-state index is 12.7. The van der Waals surface area contributed by atoms with Crippen molar-refractivity contribution in [2.24, 2.45) is 5.92 Å². The second-order valence-electron chi connectivity index (χ2n) is 7.51. The van der Waals surface area contributed by atoms with Gasteiger partial charge < -0.3 is 5.32 Å². The number of halogens is 3. The van der Waals surface area contributed by atoms with Gasteiger partial charge in [0.25, 0.3) is 0 Å². The molecular weight excluding hydrogens is 351 g/mol. The minimum atomic E-state index is -4.32. The molecule has 0 radical (unpaired) electrons. The molecule has 1 aliphatic carbocycles. The van der Waals surface area contributed by atoms with E-state index in [0.29, 0.717) is 17.6 Å². The standard InChI is InChI=1S/C21H28F3N3/c1-2-3-4-5-7-16-8-6-9-20(16)26-18-14-25-27(15-18)19-12-10-17(11-13-19)21(22,23)24/h10-16,20,26H,2-9H2,1H3. The van der Waals surface area contributed by atoms with Crippen LogP contribution in [0.15, 0.2) is 36.7 Å². The molecule has 0 saturated heterocycles. The third-order valence-corrected chi connectivity index (χ3v) is 5.48. The van der Waals surface area contributed by atoms with Crippen molar-refractivity contribution in [3.05, 3.63) is 42.2 Å². The van der Waals surface area contributed by atoms with E-state index in [-0.39, 0.29) is 0 Å². The third kappa shape index (κ3) is 5.27. The Labute approximate surface area is 159 Å². The predicted octanol–water partition coefficient (Wildman–Crippen LogP) is 6.44. The van der Waals surface area contributed by atoms with Crippen LogP contribution in [0.5, 0.6) is 0 Å². The van der Waals surface area contributed by atoms with Crippen molar-refractivity contribution < 1.29 is 13.2 Å². The van der Waals surface area contributed by atoms with E-state index in [9.17, 15) is 13.2 Å². The predicted molar refractivity (Wildman–Crippen MR) is 102 cm³/mol. The van der Waals surface area contributed by atoms with Gasteiger partial charge in [0.05, 0.1) is 29.3 Å². The average Bonchev–Trinajstić information content (AvgIpc) is 3.28. The monoisotopic (exact) mass is 379 g/mol. The highest BCUT2D eigenvalue weighted by Gasteiger charge is 2.30. The highest BCUT2D eigenvalue weighted by molar-refractivity contribution is 5.44. The van der Waals surface area contributed by atoms with E-state index >= 15 is 0 Å². The molecule has 1 saturated carbocycles. The van der Waals surface area contributed by atoms with Crippen molar-refractivity contribution in [1.82, 2.24) is 9.78 Å². The molecule has 27 heavy (non-hydrogen) atoms. The van der Waals surface area contributed by atoms with E-state index in [1.807, 2.05) is 6.20 Å². The summed E-state index contributed by atoms with van der Waals surface area (Å²) in [5, 5.41) is 7.90. The average molecular weight is 379 g/mol. The molecule has 1 aromatic carbocycles. The van der Waals surface area contributed by atoms with E-state index in [0.717, 1.165) is 17.8 Å². The molecule has 0 aliphatic heterocycles. The van der Waals surface area contributed by atoms with Crippen LogP contribution in [0.1, 0.15) is 63.9 Å². The van der Waals surface area contributed by atoms with Crippen LogP contribution in [0, 0.1) is 5.92 Å². The van der Waals surface area contributed by atoms with Crippen molar-refractivity contribution >= 4 is 5.69 Å². The van der Waals surface area contributed by atoms with Crippen LogP contribution in [0.3, 0.4) is 0 Å². The van der Waals surface area contributed by atoms with Gasteiger partial charge in [-0.25, -0.2) is 4.68 Å². The summed E-state index contributed by atoms with van der Waals surface area (Å²) >= 11 is 0. The largest absolute Gasteiger partial charge is 0.416 e. The number of nitrogens with zero attached hydrogens (tertiary/aromatic N) is 2. The Morgan fingerprint density at radius 1 is 1.11 bits per heavy atom. The second-order valence-corrected chi connectivity index (χ2v) is 7.51. The van der Waals surface area contributed by atoms with Crippen LogP contribution in [-0.4, -0.2) is 15.8 Å². The normalized spacial score (nSPS) is 20.1. The van der Waals surface area contributed by atoms with Gasteiger partial charge in [-0.3, -0.25) is 0 Å². The molecule has 1 aliphatic rings. The number of rotatable bonds is 8. The van der Waals surface area contributed by atoms with Gasteiger partial charge in [0, 0.05) is 6.04 Å². The van der Waals surface area contributed by atoms with Crippen LogP contribution in [-0.2, 0) is 6.18 Å². The number of hydrogen-bond acceptors (Lipinski definition) is 2.